The van der Waals surface area contributed by atoms with Gasteiger partial charge in [-0.15, -0.1) is 0 Å². The number of carbonyl (C=O) groups is 4. The Morgan fingerprint density at radius 3 is 2.66 bits per heavy atom. The summed E-state index contributed by atoms with van der Waals surface area (Å²) in [6, 6.07) is 13.5. The van der Waals surface area contributed by atoms with Crippen molar-refractivity contribution in [3.05, 3.63) is 48.0 Å². The van der Waals surface area contributed by atoms with Gasteiger partial charge in [0.2, 0.25) is 17.7 Å². The molecule has 0 unspecified atom stereocenters. The molecule has 1 aliphatic heterocycles. The lowest BCUT2D eigenvalue weighted by Crippen LogP contribution is -2.45. The summed E-state index contributed by atoms with van der Waals surface area (Å²) in [5.41, 5.74) is 1.05. The number of hydrogen-bond acceptors (Lipinski definition) is 6. The van der Waals surface area contributed by atoms with Gasteiger partial charge in [-0.05, 0) is 22.8 Å². The van der Waals surface area contributed by atoms with Gasteiger partial charge in [-0.2, -0.15) is 0 Å². The van der Waals surface area contributed by atoms with E-state index in [4.69, 9.17) is 0 Å². The van der Waals surface area contributed by atoms with Crippen LogP contribution in [0.1, 0.15) is 18.4 Å². The maximum atomic E-state index is 12.4. The highest BCUT2D eigenvalue weighted by Crippen LogP contribution is 2.20. The number of fused-ring (bicyclic) bond motifs is 1. The Kier molecular flexibility index (Phi) is 8.15. The van der Waals surface area contributed by atoms with Gasteiger partial charge in [0.05, 0.1) is 13.7 Å². The number of carbonyl (C=O) groups excluding carboxylic acids is 4. The van der Waals surface area contributed by atoms with Crippen LogP contribution in [0, 0.1) is 0 Å². The van der Waals surface area contributed by atoms with Crippen LogP contribution in [-0.4, -0.2) is 67.9 Å². The average molecular weight is 441 g/mol. The van der Waals surface area contributed by atoms with Crippen LogP contribution in [0.4, 0.5) is 0 Å². The molecule has 1 atom stereocenters. The van der Waals surface area contributed by atoms with Gasteiger partial charge >= 0.3 is 5.97 Å². The third kappa shape index (κ3) is 6.52. The summed E-state index contributed by atoms with van der Waals surface area (Å²) in [7, 11) is 1.26. The Morgan fingerprint density at radius 1 is 1.12 bits per heavy atom. The molecule has 2 aromatic carbocycles. The smallest absolute Gasteiger partial charge is 0.325 e. The fraction of sp³-hybridized carbons (Fsp3) is 0.391. The molecule has 1 saturated heterocycles. The van der Waals surface area contributed by atoms with E-state index in [0.29, 0.717) is 32.5 Å². The van der Waals surface area contributed by atoms with E-state index in [9.17, 15) is 19.2 Å². The molecule has 0 aromatic heterocycles. The van der Waals surface area contributed by atoms with Crippen LogP contribution in [0.3, 0.4) is 0 Å². The first-order valence-electron chi connectivity index (χ1n) is 10.6. The van der Waals surface area contributed by atoms with Gasteiger partial charge < -0.3 is 20.7 Å². The minimum Gasteiger partial charge on any atom is -0.468 e. The summed E-state index contributed by atoms with van der Waals surface area (Å²) >= 11 is 0. The zero-order chi connectivity index (χ0) is 22.9. The molecule has 0 bridgehead atoms. The molecule has 1 fully saturated rings. The summed E-state index contributed by atoms with van der Waals surface area (Å²) < 4.78 is 4.55. The molecule has 1 aliphatic rings. The van der Waals surface area contributed by atoms with Crippen LogP contribution < -0.4 is 16.0 Å². The molecular formula is C23H28N4O5. The molecule has 0 saturated carbocycles. The third-order valence-electron chi connectivity index (χ3n) is 5.34. The van der Waals surface area contributed by atoms with Crippen LogP contribution in [0.5, 0.6) is 0 Å². The van der Waals surface area contributed by atoms with Gasteiger partial charge in [0.25, 0.3) is 0 Å². The third-order valence-corrected chi connectivity index (χ3v) is 5.34. The Morgan fingerprint density at radius 2 is 1.91 bits per heavy atom. The van der Waals surface area contributed by atoms with Crippen molar-refractivity contribution in [2.75, 3.05) is 33.3 Å². The van der Waals surface area contributed by atoms with E-state index in [1.165, 1.54) is 7.11 Å². The normalized spacial score (nSPS) is 15.4. The maximum Gasteiger partial charge on any atom is 0.325 e. The number of ether oxygens (including phenoxy) is 1. The zero-order valence-electron chi connectivity index (χ0n) is 18.1. The molecule has 0 radical (unpaired) electrons. The molecule has 2 aromatic rings. The number of nitrogens with one attached hydrogen (secondary N) is 3. The molecule has 32 heavy (non-hydrogen) atoms. The molecule has 3 amide bonds. The van der Waals surface area contributed by atoms with Crippen molar-refractivity contribution in [1.82, 2.24) is 20.9 Å². The monoisotopic (exact) mass is 440 g/mol. The summed E-state index contributed by atoms with van der Waals surface area (Å²) in [5, 5.41) is 10.2. The van der Waals surface area contributed by atoms with E-state index in [-0.39, 0.29) is 30.8 Å². The molecule has 0 spiro atoms. The molecule has 170 valence electrons. The number of esters is 1. The van der Waals surface area contributed by atoms with Crippen molar-refractivity contribution in [2.24, 2.45) is 0 Å². The first kappa shape index (κ1) is 23.2. The highest BCUT2D eigenvalue weighted by molar-refractivity contribution is 5.90. The van der Waals surface area contributed by atoms with Crippen molar-refractivity contribution in [1.29, 1.82) is 0 Å². The SMILES string of the molecule is COC(=O)CNC(=O)CN(CCNC(=O)[C@@H]1CCC(=O)N1)Cc1cccc2ccccc12. The van der Waals surface area contributed by atoms with Crippen molar-refractivity contribution in [3.8, 4) is 0 Å². The van der Waals surface area contributed by atoms with Crippen LogP contribution in [0.25, 0.3) is 10.8 Å². The summed E-state index contributed by atoms with van der Waals surface area (Å²) in [6.45, 7) is 1.08. The number of amides is 3. The second kappa shape index (κ2) is 11.2. The highest BCUT2D eigenvalue weighted by atomic mass is 16.5. The lowest BCUT2D eigenvalue weighted by molar-refractivity contribution is -0.141. The molecule has 3 N–H and O–H groups in total. The van der Waals surface area contributed by atoms with E-state index in [1.807, 2.05) is 47.4 Å². The van der Waals surface area contributed by atoms with E-state index >= 15 is 0 Å². The number of benzene rings is 2. The fourth-order valence-electron chi connectivity index (χ4n) is 3.66. The predicted octanol–water partition coefficient (Wildman–Crippen LogP) is 0.326. The predicted molar refractivity (Wildman–Crippen MR) is 118 cm³/mol. The van der Waals surface area contributed by atoms with E-state index in [2.05, 4.69) is 20.7 Å². The Labute approximate surface area is 186 Å². The van der Waals surface area contributed by atoms with Crippen molar-refractivity contribution >= 4 is 34.5 Å². The first-order chi connectivity index (χ1) is 15.5. The molecule has 9 heteroatoms. The Balaban J connectivity index is 1.63. The molecule has 9 nitrogen and oxygen atoms in total. The standard InChI is InChI=1S/C23H28N4O5/c1-32-22(30)13-25-21(29)15-27(12-11-24-23(31)19-9-10-20(28)26-19)14-17-7-4-6-16-5-2-3-8-18(16)17/h2-8,19H,9-15H2,1H3,(H,24,31)(H,25,29)(H,26,28)/t19-/m0/s1. The summed E-state index contributed by atoms with van der Waals surface area (Å²) in [4.78, 5) is 49.2. The molecule has 3 rings (SSSR count). The number of methoxy groups -OCH3 is 1. The van der Waals surface area contributed by atoms with E-state index in [0.717, 1.165) is 16.3 Å². The van der Waals surface area contributed by atoms with Crippen LogP contribution in [0.2, 0.25) is 0 Å². The maximum absolute atomic E-state index is 12.4. The topological polar surface area (TPSA) is 117 Å². The quantitative estimate of drug-likeness (QED) is 0.459. The zero-order valence-corrected chi connectivity index (χ0v) is 18.1. The van der Waals surface area contributed by atoms with Gasteiger partial charge in [0.15, 0.2) is 0 Å². The van der Waals surface area contributed by atoms with Crippen LogP contribution in [-0.2, 0) is 30.5 Å². The summed E-state index contributed by atoms with van der Waals surface area (Å²) in [6.07, 6.45) is 0.839. The largest absolute Gasteiger partial charge is 0.468 e. The van der Waals surface area contributed by atoms with Gasteiger partial charge in [-0.3, -0.25) is 24.1 Å². The number of hydrogen-bond donors (Lipinski definition) is 3. The summed E-state index contributed by atoms with van der Waals surface area (Å²) in [5.74, 6) is -1.18. The highest BCUT2D eigenvalue weighted by Gasteiger charge is 2.26. The lowest BCUT2D eigenvalue weighted by Gasteiger charge is -2.23. The van der Waals surface area contributed by atoms with E-state index < -0.39 is 12.0 Å². The second-order valence-corrected chi connectivity index (χ2v) is 7.65. The minimum atomic E-state index is -0.523. The molecule has 1 heterocycles. The second-order valence-electron chi connectivity index (χ2n) is 7.65. The first-order valence-corrected chi connectivity index (χ1v) is 10.6. The number of nitrogens with zero attached hydrogens (tertiary/aromatic N) is 1. The van der Waals surface area contributed by atoms with Crippen LogP contribution in [0.15, 0.2) is 42.5 Å². The minimum absolute atomic E-state index is 0.0518. The van der Waals surface area contributed by atoms with Crippen molar-refractivity contribution in [2.45, 2.75) is 25.4 Å². The van der Waals surface area contributed by atoms with Gasteiger partial charge in [0.1, 0.15) is 12.6 Å². The van der Waals surface area contributed by atoms with Crippen LogP contribution >= 0.6 is 0 Å². The molecule has 0 aliphatic carbocycles. The van der Waals surface area contributed by atoms with Crippen molar-refractivity contribution < 1.29 is 23.9 Å². The lowest BCUT2D eigenvalue weighted by atomic mass is 10.0. The Hall–Kier alpha value is -3.46. The average Bonchev–Trinajstić information content (AvgIpc) is 3.24. The fourth-order valence-corrected chi connectivity index (χ4v) is 3.66. The van der Waals surface area contributed by atoms with Gasteiger partial charge in [-0.25, -0.2) is 0 Å². The number of rotatable bonds is 10. The molecular weight excluding hydrogens is 412 g/mol. The Bertz CT molecular complexity index is 988. The van der Waals surface area contributed by atoms with Gasteiger partial charge in [0, 0.05) is 26.1 Å². The van der Waals surface area contributed by atoms with E-state index in [1.54, 1.807) is 0 Å². The van der Waals surface area contributed by atoms with Gasteiger partial charge in [-0.1, -0.05) is 42.5 Å². The van der Waals surface area contributed by atoms with Crippen molar-refractivity contribution in [3.63, 3.8) is 0 Å².